The fourth-order valence-corrected chi connectivity index (χ4v) is 4.82. The van der Waals surface area contributed by atoms with Crippen LogP contribution < -0.4 is 10.5 Å². The molecule has 19 heavy (non-hydrogen) atoms. The van der Waals surface area contributed by atoms with Gasteiger partial charge >= 0.3 is 0 Å². The lowest BCUT2D eigenvalue weighted by Crippen LogP contribution is -2.47. The summed E-state index contributed by atoms with van der Waals surface area (Å²) in [6, 6.07) is 3.84. The van der Waals surface area contributed by atoms with Crippen LogP contribution in [0, 0.1) is 0 Å². The second kappa shape index (κ2) is 5.88. The number of rotatable bonds is 4. The van der Waals surface area contributed by atoms with Gasteiger partial charge in [-0.15, -0.1) is 11.3 Å². The molecular weight excluding hydrogens is 282 g/mol. The molecule has 1 saturated heterocycles. The van der Waals surface area contributed by atoms with E-state index < -0.39 is 10.0 Å². The molecule has 0 bridgehead atoms. The predicted octanol–water partition coefficient (Wildman–Crippen LogP) is 0.968. The molecule has 5 nitrogen and oxygen atoms in total. The van der Waals surface area contributed by atoms with E-state index in [1.165, 1.54) is 11.3 Å². The zero-order valence-electron chi connectivity index (χ0n) is 11.3. The van der Waals surface area contributed by atoms with E-state index in [1.54, 1.807) is 12.1 Å². The van der Waals surface area contributed by atoms with E-state index in [0.29, 0.717) is 16.8 Å². The van der Waals surface area contributed by atoms with Crippen molar-refractivity contribution in [1.29, 1.82) is 0 Å². The number of sulfonamides is 1. The highest BCUT2D eigenvalue weighted by Gasteiger charge is 2.27. The SMILES string of the molecule is CC1CC(NS(=O)(=O)c2ccc(CN)s2)CCN1C. The third-order valence-electron chi connectivity index (χ3n) is 3.63. The first kappa shape index (κ1) is 14.9. The van der Waals surface area contributed by atoms with Gasteiger partial charge in [0.2, 0.25) is 10.0 Å². The minimum absolute atomic E-state index is 0.0274. The van der Waals surface area contributed by atoms with Crippen molar-refractivity contribution in [3.05, 3.63) is 17.0 Å². The monoisotopic (exact) mass is 303 g/mol. The van der Waals surface area contributed by atoms with E-state index in [2.05, 4.69) is 23.6 Å². The van der Waals surface area contributed by atoms with Crippen molar-refractivity contribution in [2.45, 2.75) is 42.6 Å². The summed E-state index contributed by atoms with van der Waals surface area (Å²) in [5.74, 6) is 0. The summed E-state index contributed by atoms with van der Waals surface area (Å²) in [6.45, 7) is 3.43. The Kier molecular flexibility index (Phi) is 4.62. The van der Waals surface area contributed by atoms with Crippen LogP contribution in [0.5, 0.6) is 0 Å². The van der Waals surface area contributed by atoms with Crippen molar-refractivity contribution < 1.29 is 8.42 Å². The van der Waals surface area contributed by atoms with Crippen LogP contribution in [0.2, 0.25) is 0 Å². The normalized spacial score (nSPS) is 25.6. The van der Waals surface area contributed by atoms with Gasteiger partial charge in [0.05, 0.1) is 0 Å². The predicted molar refractivity (Wildman–Crippen MR) is 77.6 cm³/mol. The number of hydrogen-bond acceptors (Lipinski definition) is 5. The summed E-state index contributed by atoms with van der Waals surface area (Å²) in [4.78, 5) is 3.14. The van der Waals surface area contributed by atoms with Gasteiger partial charge in [-0.05, 0) is 45.5 Å². The molecule has 1 fully saturated rings. The largest absolute Gasteiger partial charge is 0.326 e. The molecule has 2 atom stereocenters. The van der Waals surface area contributed by atoms with Gasteiger partial charge in [0.15, 0.2) is 0 Å². The van der Waals surface area contributed by atoms with E-state index in [9.17, 15) is 8.42 Å². The van der Waals surface area contributed by atoms with Crippen LogP contribution in [0.1, 0.15) is 24.6 Å². The van der Waals surface area contributed by atoms with Crippen molar-refractivity contribution in [2.24, 2.45) is 5.73 Å². The first-order chi connectivity index (χ1) is 8.92. The summed E-state index contributed by atoms with van der Waals surface area (Å²) in [5, 5.41) is 0. The van der Waals surface area contributed by atoms with Crippen LogP contribution in [0.15, 0.2) is 16.3 Å². The van der Waals surface area contributed by atoms with Crippen molar-refractivity contribution in [1.82, 2.24) is 9.62 Å². The molecule has 1 aliphatic rings. The van der Waals surface area contributed by atoms with Gasteiger partial charge in [-0.2, -0.15) is 0 Å². The molecule has 0 aromatic carbocycles. The summed E-state index contributed by atoms with van der Waals surface area (Å²) >= 11 is 1.24. The molecule has 3 N–H and O–H groups in total. The van der Waals surface area contributed by atoms with Crippen LogP contribution in [0.3, 0.4) is 0 Å². The van der Waals surface area contributed by atoms with Crippen LogP contribution in [-0.2, 0) is 16.6 Å². The first-order valence-electron chi connectivity index (χ1n) is 6.43. The molecule has 0 aliphatic carbocycles. The number of nitrogens with two attached hydrogens (primary N) is 1. The highest BCUT2D eigenvalue weighted by molar-refractivity contribution is 7.91. The highest BCUT2D eigenvalue weighted by Crippen LogP contribution is 2.23. The van der Waals surface area contributed by atoms with Gasteiger partial charge in [0, 0.05) is 23.5 Å². The maximum atomic E-state index is 12.3. The number of likely N-dealkylation sites (tertiary alicyclic amines) is 1. The maximum absolute atomic E-state index is 12.3. The molecule has 7 heteroatoms. The molecule has 1 aromatic heterocycles. The van der Waals surface area contributed by atoms with Gasteiger partial charge in [-0.1, -0.05) is 0 Å². The Hall–Kier alpha value is -0.470. The topological polar surface area (TPSA) is 75.4 Å². The molecule has 2 heterocycles. The second-order valence-electron chi connectivity index (χ2n) is 5.10. The van der Waals surface area contributed by atoms with Crippen LogP contribution in [0.4, 0.5) is 0 Å². The molecule has 0 spiro atoms. The minimum Gasteiger partial charge on any atom is -0.326 e. The Morgan fingerprint density at radius 3 is 2.84 bits per heavy atom. The quantitative estimate of drug-likeness (QED) is 0.869. The zero-order chi connectivity index (χ0) is 14.0. The van der Waals surface area contributed by atoms with Crippen LogP contribution in [-0.4, -0.2) is 39.0 Å². The average Bonchev–Trinajstić information content (AvgIpc) is 2.83. The molecule has 1 aromatic rings. The molecule has 0 saturated carbocycles. The molecule has 2 rings (SSSR count). The number of nitrogens with zero attached hydrogens (tertiary/aromatic N) is 1. The molecule has 0 amide bonds. The van der Waals surface area contributed by atoms with Gasteiger partial charge in [-0.25, -0.2) is 13.1 Å². The van der Waals surface area contributed by atoms with Crippen LogP contribution in [0.25, 0.3) is 0 Å². The van der Waals surface area contributed by atoms with E-state index >= 15 is 0 Å². The average molecular weight is 303 g/mol. The minimum atomic E-state index is -3.40. The third kappa shape index (κ3) is 3.55. The third-order valence-corrected chi connectivity index (χ3v) is 6.75. The van der Waals surface area contributed by atoms with E-state index in [-0.39, 0.29) is 6.04 Å². The van der Waals surface area contributed by atoms with Crippen molar-refractivity contribution >= 4 is 21.4 Å². The Balaban J connectivity index is 2.05. The van der Waals surface area contributed by atoms with E-state index in [1.807, 2.05) is 0 Å². The standard InChI is InChI=1S/C12H21N3O2S2/c1-9-7-10(5-6-15(9)2)14-19(16,17)12-4-3-11(8-13)18-12/h3-4,9-10,14H,5-8,13H2,1-2H3. The Labute approximate surface area is 118 Å². The van der Waals surface area contributed by atoms with E-state index in [0.717, 1.165) is 24.3 Å². The molecule has 2 unspecified atom stereocenters. The van der Waals surface area contributed by atoms with Gasteiger partial charge < -0.3 is 10.6 Å². The number of thiophene rings is 1. The van der Waals surface area contributed by atoms with Crippen LogP contribution >= 0.6 is 11.3 Å². The number of hydrogen-bond donors (Lipinski definition) is 2. The summed E-state index contributed by atoms with van der Waals surface area (Å²) < 4.78 is 27.7. The number of piperidine rings is 1. The fraction of sp³-hybridized carbons (Fsp3) is 0.667. The molecule has 0 radical (unpaired) electrons. The van der Waals surface area contributed by atoms with Gasteiger partial charge in [0.25, 0.3) is 0 Å². The lowest BCUT2D eigenvalue weighted by molar-refractivity contribution is 0.178. The molecular formula is C12H21N3O2S2. The first-order valence-corrected chi connectivity index (χ1v) is 8.73. The Morgan fingerprint density at radius 1 is 1.53 bits per heavy atom. The van der Waals surface area contributed by atoms with Gasteiger partial charge in [0.1, 0.15) is 4.21 Å². The lowest BCUT2D eigenvalue weighted by atomic mass is 10.0. The summed E-state index contributed by atoms with van der Waals surface area (Å²) in [6.07, 6.45) is 1.71. The van der Waals surface area contributed by atoms with Crippen molar-refractivity contribution in [3.63, 3.8) is 0 Å². The summed E-state index contributed by atoms with van der Waals surface area (Å²) in [5.41, 5.74) is 5.51. The fourth-order valence-electron chi connectivity index (χ4n) is 2.29. The Bertz CT molecular complexity index is 527. The highest BCUT2D eigenvalue weighted by atomic mass is 32.2. The van der Waals surface area contributed by atoms with Gasteiger partial charge in [-0.3, -0.25) is 0 Å². The smallest absolute Gasteiger partial charge is 0.250 e. The Morgan fingerprint density at radius 2 is 2.26 bits per heavy atom. The summed E-state index contributed by atoms with van der Waals surface area (Å²) in [7, 11) is -1.32. The lowest BCUT2D eigenvalue weighted by Gasteiger charge is -2.35. The maximum Gasteiger partial charge on any atom is 0.250 e. The van der Waals surface area contributed by atoms with Crippen molar-refractivity contribution in [2.75, 3.05) is 13.6 Å². The molecule has 108 valence electrons. The molecule has 1 aliphatic heterocycles. The van der Waals surface area contributed by atoms with Crippen molar-refractivity contribution in [3.8, 4) is 0 Å². The number of nitrogens with one attached hydrogen (secondary N) is 1. The zero-order valence-corrected chi connectivity index (χ0v) is 12.9. The second-order valence-corrected chi connectivity index (χ2v) is 8.21. The van der Waals surface area contributed by atoms with E-state index in [4.69, 9.17) is 5.73 Å².